The zero-order valence-electron chi connectivity index (χ0n) is 15.7. The first-order valence-corrected chi connectivity index (χ1v) is 10.2. The molecule has 1 fully saturated rings. The lowest BCUT2D eigenvalue weighted by molar-refractivity contribution is -0.122. The number of carbonyl (C=O) groups excluding carboxylic acids is 1. The monoisotopic (exact) mass is 460 g/mol. The Hall–Kier alpha value is -2.38. The SMILES string of the molecule is CCOc1cc(/C=C2\NC(=S)N(CC)C2=O)ccc1OCc1ccc(Br)cc1. The van der Waals surface area contributed by atoms with E-state index in [1.54, 1.807) is 6.08 Å². The van der Waals surface area contributed by atoms with Gasteiger partial charge < -0.3 is 14.8 Å². The zero-order valence-corrected chi connectivity index (χ0v) is 18.1. The van der Waals surface area contributed by atoms with Crippen LogP contribution in [0.1, 0.15) is 25.0 Å². The van der Waals surface area contributed by atoms with Gasteiger partial charge in [-0.2, -0.15) is 0 Å². The van der Waals surface area contributed by atoms with Gasteiger partial charge in [-0.1, -0.05) is 34.1 Å². The quantitative estimate of drug-likeness (QED) is 0.486. The molecule has 0 spiro atoms. The van der Waals surface area contributed by atoms with Crippen LogP contribution in [0.25, 0.3) is 6.08 Å². The van der Waals surface area contributed by atoms with Crippen LogP contribution >= 0.6 is 28.1 Å². The number of thiocarbonyl (C=S) groups is 1. The Bertz CT molecular complexity index is 912. The third kappa shape index (κ3) is 4.72. The average molecular weight is 461 g/mol. The first-order valence-electron chi connectivity index (χ1n) is 9.00. The number of nitrogens with one attached hydrogen (secondary N) is 1. The number of hydrogen-bond acceptors (Lipinski definition) is 4. The van der Waals surface area contributed by atoms with E-state index in [0.29, 0.717) is 42.1 Å². The van der Waals surface area contributed by atoms with Crippen LogP contribution in [0, 0.1) is 0 Å². The fourth-order valence-electron chi connectivity index (χ4n) is 2.77. The summed E-state index contributed by atoms with van der Waals surface area (Å²) in [6.07, 6.45) is 1.77. The summed E-state index contributed by atoms with van der Waals surface area (Å²) in [7, 11) is 0. The molecule has 3 rings (SSSR count). The maximum atomic E-state index is 12.4. The minimum absolute atomic E-state index is 0.124. The first-order chi connectivity index (χ1) is 13.5. The molecule has 0 aliphatic carbocycles. The molecule has 28 heavy (non-hydrogen) atoms. The lowest BCUT2D eigenvalue weighted by Gasteiger charge is -2.13. The number of hydrogen-bond donors (Lipinski definition) is 1. The van der Waals surface area contributed by atoms with Crippen molar-refractivity contribution in [3.8, 4) is 11.5 Å². The Morgan fingerprint density at radius 1 is 1.11 bits per heavy atom. The number of ether oxygens (including phenoxy) is 2. The van der Waals surface area contributed by atoms with Crippen molar-refractivity contribution in [2.45, 2.75) is 20.5 Å². The molecule has 146 valence electrons. The van der Waals surface area contributed by atoms with E-state index in [0.717, 1.165) is 15.6 Å². The Labute approximate surface area is 178 Å². The first kappa shape index (κ1) is 20.4. The molecule has 0 unspecified atom stereocenters. The van der Waals surface area contributed by atoms with Crippen LogP contribution in [0.3, 0.4) is 0 Å². The molecule has 2 aromatic rings. The predicted molar refractivity (Wildman–Crippen MR) is 117 cm³/mol. The number of likely N-dealkylation sites (N-methyl/N-ethyl adjacent to an activating group) is 1. The van der Waals surface area contributed by atoms with Crippen molar-refractivity contribution < 1.29 is 14.3 Å². The number of amides is 1. The molecule has 7 heteroatoms. The van der Waals surface area contributed by atoms with E-state index < -0.39 is 0 Å². The van der Waals surface area contributed by atoms with Crippen molar-refractivity contribution in [3.63, 3.8) is 0 Å². The Morgan fingerprint density at radius 3 is 2.50 bits per heavy atom. The van der Waals surface area contributed by atoms with E-state index in [9.17, 15) is 4.79 Å². The van der Waals surface area contributed by atoms with Crippen LogP contribution in [-0.2, 0) is 11.4 Å². The summed E-state index contributed by atoms with van der Waals surface area (Å²) in [5.74, 6) is 1.17. The van der Waals surface area contributed by atoms with Gasteiger partial charge in [-0.15, -0.1) is 0 Å². The molecule has 0 bridgehead atoms. The van der Waals surface area contributed by atoms with Crippen molar-refractivity contribution in [2.75, 3.05) is 13.2 Å². The molecular formula is C21H21BrN2O3S. The third-order valence-corrected chi connectivity index (χ3v) is 5.02. The number of nitrogens with zero attached hydrogens (tertiary/aromatic N) is 1. The van der Waals surface area contributed by atoms with Gasteiger partial charge in [0.25, 0.3) is 5.91 Å². The highest BCUT2D eigenvalue weighted by molar-refractivity contribution is 9.10. The predicted octanol–water partition coefficient (Wildman–Crippen LogP) is 4.50. The molecule has 1 saturated heterocycles. The smallest absolute Gasteiger partial charge is 0.276 e. The van der Waals surface area contributed by atoms with Gasteiger partial charge in [0.05, 0.1) is 6.61 Å². The fraction of sp³-hybridized carbons (Fsp3) is 0.238. The maximum absolute atomic E-state index is 12.4. The highest BCUT2D eigenvalue weighted by Crippen LogP contribution is 2.30. The van der Waals surface area contributed by atoms with Gasteiger partial charge in [-0.25, -0.2) is 0 Å². The van der Waals surface area contributed by atoms with E-state index in [1.165, 1.54) is 4.90 Å². The van der Waals surface area contributed by atoms with Gasteiger partial charge >= 0.3 is 0 Å². The van der Waals surface area contributed by atoms with Gasteiger partial charge in [0.1, 0.15) is 12.3 Å². The molecule has 1 aliphatic rings. The molecule has 0 atom stereocenters. The van der Waals surface area contributed by atoms with Crippen LogP contribution in [0.2, 0.25) is 0 Å². The lowest BCUT2D eigenvalue weighted by atomic mass is 10.1. The van der Waals surface area contributed by atoms with Gasteiger partial charge in [0.15, 0.2) is 16.6 Å². The molecule has 5 nitrogen and oxygen atoms in total. The van der Waals surface area contributed by atoms with Crippen LogP contribution in [0.4, 0.5) is 0 Å². The molecule has 1 aliphatic heterocycles. The highest BCUT2D eigenvalue weighted by atomic mass is 79.9. The number of halogens is 1. The fourth-order valence-corrected chi connectivity index (χ4v) is 3.36. The van der Waals surface area contributed by atoms with Gasteiger partial charge in [-0.05, 0) is 67.5 Å². The van der Waals surface area contributed by atoms with Crippen LogP contribution in [0.15, 0.2) is 52.6 Å². The molecule has 0 aromatic heterocycles. The normalized spacial score (nSPS) is 15.1. The number of rotatable bonds is 7. The number of carbonyl (C=O) groups is 1. The molecular weight excluding hydrogens is 440 g/mol. The number of benzene rings is 2. The standard InChI is InChI=1S/C21H21BrN2O3S/c1-3-24-20(25)17(23-21(24)28)11-15-7-10-18(19(12-15)26-4-2)27-13-14-5-8-16(22)9-6-14/h5-12H,3-4,13H2,1-2H3,(H,23,28)/b17-11-. The van der Waals surface area contributed by atoms with Crippen molar-refractivity contribution in [2.24, 2.45) is 0 Å². The summed E-state index contributed by atoms with van der Waals surface area (Å²) < 4.78 is 12.7. The largest absolute Gasteiger partial charge is 0.490 e. The Morgan fingerprint density at radius 2 is 1.86 bits per heavy atom. The second-order valence-corrected chi connectivity index (χ2v) is 7.39. The summed E-state index contributed by atoms with van der Waals surface area (Å²) in [6, 6.07) is 13.6. The van der Waals surface area contributed by atoms with Crippen LogP contribution in [-0.4, -0.2) is 29.1 Å². The van der Waals surface area contributed by atoms with Crippen molar-refractivity contribution in [3.05, 3.63) is 63.8 Å². The molecule has 1 heterocycles. The molecule has 0 radical (unpaired) electrons. The second-order valence-electron chi connectivity index (χ2n) is 6.09. The van der Waals surface area contributed by atoms with E-state index in [1.807, 2.05) is 56.3 Å². The Balaban J connectivity index is 1.79. The minimum atomic E-state index is -0.124. The molecule has 2 aromatic carbocycles. The average Bonchev–Trinajstić information content (AvgIpc) is 2.95. The van der Waals surface area contributed by atoms with Gasteiger partial charge in [-0.3, -0.25) is 9.69 Å². The molecule has 1 N–H and O–H groups in total. The highest BCUT2D eigenvalue weighted by Gasteiger charge is 2.29. The van der Waals surface area contributed by atoms with Crippen LogP contribution in [0.5, 0.6) is 11.5 Å². The zero-order chi connectivity index (χ0) is 20.1. The van der Waals surface area contributed by atoms with Crippen molar-refractivity contribution in [1.82, 2.24) is 10.2 Å². The topological polar surface area (TPSA) is 50.8 Å². The second kappa shape index (κ2) is 9.21. The Kier molecular flexibility index (Phi) is 6.70. The van der Waals surface area contributed by atoms with E-state index in [4.69, 9.17) is 21.7 Å². The van der Waals surface area contributed by atoms with Gasteiger partial charge in [0, 0.05) is 11.0 Å². The summed E-state index contributed by atoms with van der Waals surface area (Å²) in [5.41, 5.74) is 2.35. The molecule has 0 saturated carbocycles. The summed E-state index contributed by atoms with van der Waals surface area (Å²) in [6.45, 7) is 5.30. The summed E-state index contributed by atoms with van der Waals surface area (Å²) in [5, 5.41) is 3.39. The van der Waals surface area contributed by atoms with E-state index in [-0.39, 0.29) is 5.91 Å². The molecule has 1 amide bonds. The van der Waals surface area contributed by atoms with Crippen molar-refractivity contribution >= 4 is 45.2 Å². The third-order valence-electron chi connectivity index (χ3n) is 4.16. The maximum Gasteiger partial charge on any atom is 0.276 e. The van der Waals surface area contributed by atoms with Crippen molar-refractivity contribution in [1.29, 1.82) is 0 Å². The minimum Gasteiger partial charge on any atom is -0.490 e. The van der Waals surface area contributed by atoms with Crippen LogP contribution < -0.4 is 14.8 Å². The van der Waals surface area contributed by atoms with E-state index >= 15 is 0 Å². The van der Waals surface area contributed by atoms with Gasteiger partial charge in [0.2, 0.25) is 0 Å². The lowest BCUT2D eigenvalue weighted by Crippen LogP contribution is -2.30. The van der Waals surface area contributed by atoms with E-state index in [2.05, 4.69) is 21.2 Å². The summed E-state index contributed by atoms with van der Waals surface area (Å²) >= 11 is 8.62. The summed E-state index contributed by atoms with van der Waals surface area (Å²) in [4.78, 5) is 13.9.